The first-order valence-corrected chi connectivity index (χ1v) is 10.7. The third-order valence-corrected chi connectivity index (χ3v) is 5.23. The Labute approximate surface area is 193 Å². The summed E-state index contributed by atoms with van der Waals surface area (Å²) < 4.78 is 15.7. The number of anilines is 1. The summed E-state index contributed by atoms with van der Waals surface area (Å²) in [6.45, 7) is 5.95. The van der Waals surface area contributed by atoms with Crippen molar-refractivity contribution in [1.82, 2.24) is 5.16 Å². The Kier molecular flexibility index (Phi) is 8.34. The predicted molar refractivity (Wildman–Crippen MR) is 128 cm³/mol. The minimum atomic E-state index is -0.502. The van der Waals surface area contributed by atoms with Gasteiger partial charge in [0, 0.05) is 29.7 Å². The molecular weight excluding hydrogens is 420 g/mol. The zero-order chi connectivity index (χ0) is 23.7. The third-order valence-electron chi connectivity index (χ3n) is 5.23. The summed E-state index contributed by atoms with van der Waals surface area (Å²) in [6.07, 6.45) is 0. The molecule has 8 nitrogen and oxygen atoms in total. The number of aliphatic imine (C=N–C) groups is 1. The minimum Gasteiger partial charge on any atom is -0.382 e. The van der Waals surface area contributed by atoms with Gasteiger partial charge in [-0.3, -0.25) is 15.1 Å². The van der Waals surface area contributed by atoms with E-state index in [1.165, 1.54) is 0 Å². The van der Waals surface area contributed by atoms with E-state index in [-0.39, 0.29) is 11.7 Å². The number of ketones is 1. The van der Waals surface area contributed by atoms with Gasteiger partial charge in [-0.25, -0.2) is 0 Å². The van der Waals surface area contributed by atoms with Crippen molar-refractivity contribution < 1.29 is 18.8 Å². The lowest BCUT2D eigenvalue weighted by Crippen LogP contribution is -2.23. The largest absolute Gasteiger partial charge is 0.382 e. The van der Waals surface area contributed by atoms with Gasteiger partial charge in [-0.1, -0.05) is 67.5 Å². The van der Waals surface area contributed by atoms with E-state index in [2.05, 4.69) is 15.5 Å². The summed E-state index contributed by atoms with van der Waals surface area (Å²) in [6, 6.07) is 18.6. The predicted octanol–water partition coefficient (Wildman–Crippen LogP) is 3.62. The number of carbonyl (C=O) groups is 1. The molecule has 2 aromatic carbocycles. The molecule has 3 rings (SSSR count). The molecular formula is C25H30N4O4. The number of hydrogen-bond acceptors (Lipinski definition) is 6. The Balaban J connectivity index is 1.67. The fraction of sp³-hybridized carbons (Fsp3) is 0.320. The Morgan fingerprint density at radius 1 is 1.06 bits per heavy atom. The molecule has 8 heteroatoms. The van der Waals surface area contributed by atoms with E-state index in [0.717, 1.165) is 5.56 Å². The molecule has 0 saturated heterocycles. The number of aromatic nitrogens is 1. The lowest BCUT2D eigenvalue weighted by molar-refractivity contribution is 0.0748. The lowest BCUT2D eigenvalue weighted by atomic mass is 9.80. The van der Waals surface area contributed by atoms with Crippen molar-refractivity contribution in [3.63, 3.8) is 0 Å². The number of carbonyl (C=O) groups excluding carboxylic acids is 1. The summed E-state index contributed by atoms with van der Waals surface area (Å²) in [5.41, 5.74) is 8.33. The van der Waals surface area contributed by atoms with Gasteiger partial charge >= 0.3 is 0 Å². The van der Waals surface area contributed by atoms with E-state index in [1.807, 2.05) is 68.4 Å². The molecule has 0 spiro atoms. The van der Waals surface area contributed by atoms with Crippen molar-refractivity contribution in [2.24, 2.45) is 10.7 Å². The van der Waals surface area contributed by atoms with E-state index in [9.17, 15) is 4.79 Å². The van der Waals surface area contributed by atoms with E-state index in [1.54, 1.807) is 13.2 Å². The molecule has 1 aromatic heterocycles. The average molecular weight is 451 g/mol. The highest BCUT2D eigenvalue weighted by molar-refractivity contribution is 6.09. The van der Waals surface area contributed by atoms with Crippen molar-refractivity contribution in [1.29, 1.82) is 0 Å². The van der Waals surface area contributed by atoms with Crippen molar-refractivity contribution in [2.75, 3.05) is 38.8 Å². The van der Waals surface area contributed by atoms with Crippen LogP contribution in [0.25, 0.3) is 0 Å². The molecule has 1 heterocycles. The number of benzene rings is 2. The standard InChI is InChI=1S/C25H30N4O4/c1-25(2,20-11-7-10-19(16-20)23(30)18-8-5-4-6-9-18)21-17-22(33-29-21)28-24(26)27-12-13-32-15-14-31-3/h4-11,16-17H,12-15H2,1-3H3,(H3,26,27,28). The summed E-state index contributed by atoms with van der Waals surface area (Å²) in [5.74, 6) is 0.573. The van der Waals surface area contributed by atoms with Crippen LogP contribution in [-0.4, -0.2) is 50.4 Å². The van der Waals surface area contributed by atoms with Gasteiger partial charge in [-0.2, -0.15) is 0 Å². The molecule has 3 aromatic rings. The van der Waals surface area contributed by atoms with E-state index >= 15 is 0 Å². The molecule has 0 fully saturated rings. The first-order valence-electron chi connectivity index (χ1n) is 10.7. The van der Waals surface area contributed by atoms with Crippen molar-refractivity contribution >= 4 is 17.6 Å². The maximum Gasteiger partial charge on any atom is 0.231 e. The smallest absolute Gasteiger partial charge is 0.231 e. The quantitative estimate of drug-likeness (QED) is 0.199. The van der Waals surface area contributed by atoms with Crippen LogP contribution in [0.1, 0.15) is 41.0 Å². The van der Waals surface area contributed by atoms with Crippen LogP contribution in [0.4, 0.5) is 5.88 Å². The molecule has 0 radical (unpaired) electrons. The highest BCUT2D eigenvalue weighted by atomic mass is 16.5. The summed E-state index contributed by atoms with van der Waals surface area (Å²) >= 11 is 0. The van der Waals surface area contributed by atoms with Crippen LogP contribution in [0.2, 0.25) is 0 Å². The van der Waals surface area contributed by atoms with Crippen LogP contribution in [0, 0.1) is 0 Å². The van der Waals surface area contributed by atoms with Gasteiger partial charge in [0.25, 0.3) is 0 Å². The van der Waals surface area contributed by atoms with Crippen molar-refractivity contribution in [3.8, 4) is 0 Å². The second kappa shape index (κ2) is 11.4. The van der Waals surface area contributed by atoms with Gasteiger partial charge in [0.05, 0.1) is 32.1 Å². The molecule has 0 atom stereocenters. The number of nitrogens with zero attached hydrogens (tertiary/aromatic N) is 2. The SMILES string of the molecule is COCCOCCN=C(N)Nc1cc(C(C)(C)c2cccc(C(=O)c3ccccc3)c2)no1. The fourth-order valence-electron chi connectivity index (χ4n) is 3.22. The first kappa shape index (κ1) is 24.2. The van der Waals surface area contributed by atoms with Gasteiger partial charge in [-0.15, -0.1) is 0 Å². The number of guanidine groups is 1. The molecule has 0 bridgehead atoms. The maximum atomic E-state index is 12.9. The topological polar surface area (TPSA) is 112 Å². The van der Waals surface area contributed by atoms with E-state index in [0.29, 0.717) is 49.1 Å². The highest BCUT2D eigenvalue weighted by Crippen LogP contribution is 2.32. The molecule has 0 saturated carbocycles. The second-order valence-corrected chi connectivity index (χ2v) is 7.97. The fourth-order valence-corrected chi connectivity index (χ4v) is 3.22. The molecule has 0 unspecified atom stereocenters. The van der Waals surface area contributed by atoms with E-state index < -0.39 is 5.41 Å². The van der Waals surface area contributed by atoms with Crippen LogP contribution >= 0.6 is 0 Å². The van der Waals surface area contributed by atoms with E-state index in [4.69, 9.17) is 19.7 Å². The van der Waals surface area contributed by atoms with Gasteiger partial charge in [0.2, 0.25) is 5.88 Å². The van der Waals surface area contributed by atoms with Crippen molar-refractivity contribution in [3.05, 3.63) is 83.0 Å². The van der Waals surface area contributed by atoms with Gasteiger partial charge in [0.15, 0.2) is 11.7 Å². The first-order chi connectivity index (χ1) is 15.9. The lowest BCUT2D eigenvalue weighted by Gasteiger charge is -2.22. The van der Waals surface area contributed by atoms with Gasteiger partial charge < -0.3 is 19.7 Å². The number of methoxy groups -OCH3 is 1. The molecule has 174 valence electrons. The number of hydrogen-bond donors (Lipinski definition) is 2. The van der Waals surface area contributed by atoms with Crippen LogP contribution in [0.5, 0.6) is 0 Å². The normalized spacial score (nSPS) is 12.0. The molecule has 0 aliphatic rings. The van der Waals surface area contributed by atoms with Crippen LogP contribution in [0.15, 0.2) is 70.2 Å². The highest BCUT2D eigenvalue weighted by Gasteiger charge is 2.28. The zero-order valence-corrected chi connectivity index (χ0v) is 19.2. The van der Waals surface area contributed by atoms with Gasteiger partial charge in [0.1, 0.15) is 0 Å². The Morgan fingerprint density at radius 3 is 2.58 bits per heavy atom. The number of rotatable bonds is 11. The second-order valence-electron chi connectivity index (χ2n) is 7.97. The number of nitrogens with one attached hydrogen (secondary N) is 1. The Hall–Kier alpha value is -3.49. The van der Waals surface area contributed by atoms with Crippen LogP contribution < -0.4 is 11.1 Å². The monoisotopic (exact) mass is 450 g/mol. The molecule has 0 amide bonds. The van der Waals surface area contributed by atoms with Crippen molar-refractivity contribution in [2.45, 2.75) is 19.3 Å². The zero-order valence-electron chi connectivity index (χ0n) is 19.2. The molecule has 0 aliphatic heterocycles. The molecule has 33 heavy (non-hydrogen) atoms. The summed E-state index contributed by atoms with van der Waals surface area (Å²) in [5, 5.41) is 7.11. The maximum absolute atomic E-state index is 12.9. The van der Waals surface area contributed by atoms with Crippen LogP contribution in [0.3, 0.4) is 0 Å². The minimum absolute atomic E-state index is 0.0223. The number of ether oxygens (including phenoxy) is 2. The number of nitrogens with two attached hydrogens (primary N) is 1. The molecule has 3 N–H and O–H groups in total. The third kappa shape index (κ3) is 6.50. The Bertz CT molecular complexity index is 1080. The summed E-state index contributed by atoms with van der Waals surface area (Å²) in [4.78, 5) is 17.1. The summed E-state index contributed by atoms with van der Waals surface area (Å²) in [7, 11) is 1.62. The average Bonchev–Trinajstić information content (AvgIpc) is 3.31. The van der Waals surface area contributed by atoms with Crippen LogP contribution in [-0.2, 0) is 14.9 Å². The van der Waals surface area contributed by atoms with Gasteiger partial charge in [-0.05, 0) is 11.6 Å². The molecule has 0 aliphatic carbocycles. The Morgan fingerprint density at radius 2 is 1.82 bits per heavy atom.